The molecular formula is C24H29NO3. The van der Waals surface area contributed by atoms with E-state index in [0.717, 1.165) is 43.5 Å². The van der Waals surface area contributed by atoms with Crippen LogP contribution in [0.15, 0.2) is 66.6 Å². The van der Waals surface area contributed by atoms with Gasteiger partial charge in [-0.15, -0.1) is 13.2 Å². The molecule has 0 atom stereocenters. The average Bonchev–Trinajstić information content (AvgIpc) is 2.72. The van der Waals surface area contributed by atoms with Crippen LogP contribution in [0.1, 0.15) is 54.4 Å². The number of methoxy groups -OCH3 is 1. The molecule has 0 N–H and O–H groups in total. The Morgan fingerprint density at radius 3 is 2.39 bits per heavy atom. The number of rotatable bonds is 12. The molecule has 0 aliphatic carbocycles. The number of benzene rings is 1. The van der Waals surface area contributed by atoms with Crippen molar-refractivity contribution in [2.75, 3.05) is 7.11 Å². The smallest absolute Gasteiger partial charge is 0.258 e. The molecule has 0 bridgehead atoms. The van der Waals surface area contributed by atoms with Crippen molar-refractivity contribution < 1.29 is 9.53 Å². The van der Waals surface area contributed by atoms with E-state index in [1.54, 1.807) is 23.9 Å². The fourth-order valence-corrected chi connectivity index (χ4v) is 3.06. The van der Waals surface area contributed by atoms with Gasteiger partial charge in [-0.05, 0) is 68.9 Å². The summed E-state index contributed by atoms with van der Waals surface area (Å²) in [7, 11) is 1.60. The SMILES string of the molecule is C=CCCCCC(=O)c1cc(CCCC=C)c(=O)n(-c2ccc(OC)cc2)c1. The summed E-state index contributed by atoms with van der Waals surface area (Å²) in [4.78, 5) is 25.7. The maximum Gasteiger partial charge on any atom is 0.258 e. The van der Waals surface area contributed by atoms with Gasteiger partial charge in [0, 0.05) is 29.4 Å². The van der Waals surface area contributed by atoms with Crippen LogP contribution < -0.4 is 10.3 Å². The number of hydrogen-bond donors (Lipinski definition) is 0. The minimum Gasteiger partial charge on any atom is -0.497 e. The summed E-state index contributed by atoms with van der Waals surface area (Å²) in [5.41, 5.74) is 1.88. The van der Waals surface area contributed by atoms with Gasteiger partial charge in [0.15, 0.2) is 5.78 Å². The number of hydrogen-bond acceptors (Lipinski definition) is 3. The molecule has 0 aliphatic rings. The number of aromatic nitrogens is 1. The maximum atomic E-state index is 13.0. The first kappa shape index (κ1) is 21.4. The van der Waals surface area contributed by atoms with E-state index >= 15 is 0 Å². The largest absolute Gasteiger partial charge is 0.497 e. The number of ketones is 1. The Hall–Kier alpha value is -2.88. The van der Waals surface area contributed by atoms with Gasteiger partial charge in [-0.2, -0.15) is 0 Å². The van der Waals surface area contributed by atoms with Gasteiger partial charge in [0.25, 0.3) is 5.56 Å². The molecule has 1 heterocycles. The normalized spacial score (nSPS) is 10.5. The van der Waals surface area contributed by atoms with Crippen LogP contribution in [0.2, 0.25) is 0 Å². The summed E-state index contributed by atoms with van der Waals surface area (Å²) in [5.74, 6) is 0.786. The molecule has 4 heteroatoms. The van der Waals surface area contributed by atoms with E-state index in [1.165, 1.54) is 0 Å². The fourth-order valence-electron chi connectivity index (χ4n) is 3.06. The molecule has 0 aliphatic heterocycles. The van der Waals surface area contributed by atoms with E-state index in [9.17, 15) is 9.59 Å². The molecule has 1 aromatic heterocycles. The Morgan fingerprint density at radius 1 is 1.07 bits per heavy atom. The first-order chi connectivity index (χ1) is 13.6. The second kappa shape index (κ2) is 11.1. The molecule has 1 aromatic carbocycles. The molecule has 0 fully saturated rings. The van der Waals surface area contributed by atoms with E-state index in [2.05, 4.69) is 13.2 Å². The highest BCUT2D eigenvalue weighted by Gasteiger charge is 2.13. The molecule has 0 radical (unpaired) electrons. The van der Waals surface area contributed by atoms with Crippen molar-refractivity contribution in [2.45, 2.75) is 44.9 Å². The number of pyridine rings is 1. The first-order valence-corrected chi connectivity index (χ1v) is 9.75. The molecule has 0 spiro atoms. The minimum atomic E-state index is -0.0857. The van der Waals surface area contributed by atoms with Crippen molar-refractivity contribution in [3.8, 4) is 11.4 Å². The Morgan fingerprint density at radius 2 is 1.75 bits per heavy atom. The van der Waals surface area contributed by atoms with Crippen LogP contribution in [0.3, 0.4) is 0 Å². The summed E-state index contributed by atoms with van der Waals surface area (Å²) < 4.78 is 6.76. The van der Waals surface area contributed by atoms with Crippen molar-refractivity contribution in [3.05, 3.63) is 83.3 Å². The fraction of sp³-hybridized carbons (Fsp3) is 0.333. The Labute approximate surface area is 167 Å². The van der Waals surface area contributed by atoms with Crippen molar-refractivity contribution in [3.63, 3.8) is 0 Å². The zero-order valence-electron chi connectivity index (χ0n) is 16.7. The Kier molecular flexibility index (Phi) is 8.47. The van der Waals surface area contributed by atoms with Crippen molar-refractivity contribution in [2.24, 2.45) is 0 Å². The lowest BCUT2D eigenvalue weighted by molar-refractivity contribution is 0.0978. The predicted octanol–water partition coefficient (Wildman–Crippen LogP) is 5.28. The average molecular weight is 380 g/mol. The van der Waals surface area contributed by atoms with Crippen molar-refractivity contribution in [1.82, 2.24) is 4.57 Å². The quantitative estimate of drug-likeness (QED) is 0.286. The number of ether oxygens (including phenoxy) is 1. The Balaban J connectivity index is 2.36. The van der Waals surface area contributed by atoms with E-state index in [-0.39, 0.29) is 11.3 Å². The zero-order chi connectivity index (χ0) is 20.4. The third-order valence-electron chi connectivity index (χ3n) is 4.68. The maximum absolute atomic E-state index is 13.0. The number of allylic oxidation sites excluding steroid dienone is 2. The standard InChI is InChI=1S/C24H29NO3/c1-4-6-8-10-12-23(26)20-17-19(11-9-7-5-2)24(27)25(18-20)21-13-15-22(28-3)16-14-21/h4-5,13-18H,1-2,6-12H2,3H3. The van der Waals surface area contributed by atoms with Gasteiger partial charge >= 0.3 is 0 Å². The highest BCUT2D eigenvalue weighted by atomic mass is 16.5. The predicted molar refractivity (Wildman–Crippen MR) is 115 cm³/mol. The summed E-state index contributed by atoms with van der Waals surface area (Å²) >= 11 is 0. The zero-order valence-corrected chi connectivity index (χ0v) is 16.7. The minimum absolute atomic E-state index is 0.0660. The third-order valence-corrected chi connectivity index (χ3v) is 4.68. The van der Waals surface area contributed by atoms with E-state index < -0.39 is 0 Å². The number of carbonyl (C=O) groups excluding carboxylic acids is 1. The van der Waals surface area contributed by atoms with Gasteiger partial charge in [0.1, 0.15) is 5.75 Å². The van der Waals surface area contributed by atoms with Gasteiger partial charge in [0.05, 0.1) is 7.11 Å². The lowest BCUT2D eigenvalue weighted by Gasteiger charge is -2.12. The van der Waals surface area contributed by atoms with Crippen LogP contribution in [0, 0.1) is 0 Å². The van der Waals surface area contributed by atoms with Gasteiger partial charge in [0.2, 0.25) is 0 Å². The second-order valence-electron chi connectivity index (χ2n) is 6.77. The van der Waals surface area contributed by atoms with E-state index in [1.807, 2.05) is 36.4 Å². The van der Waals surface area contributed by atoms with E-state index in [4.69, 9.17) is 4.74 Å². The monoisotopic (exact) mass is 379 g/mol. The number of aryl methyl sites for hydroxylation is 1. The van der Waals surface area contributed by atoms with Crippen LogP contribution in [0.5, 0.6) is 5.75 Å². The van der Waals surface area contributed by atoms with Crippen LogP contribution in [-0.2, 0) is 6.42 Å². The second-order valence-corrected chi connectivity index (χ2v) is 6.77. The van der Waals surface area contributed by atoms with Crippen LogP contribution in [0.25, 0.3) is 5.69 Å². The van der Waals surface area contributed by atoms with Crippen LogP contribution in [-0.4, -0.2) is 17.5 Å². The summed E-state index contributed by atoms with van der Waals surface area (Å²) in [6.45, 7) is 7.44. The molecule has 0 saturated carbocycles. The summed E-state index contributed by atoms with van der Waals surface area (Å²) in [6, 6.07) is 9.03. The third kappa shape index (κ3) is 5.81. The molecule has 0 saturated heterocycles. The molecule has 2 rings (SSSR count). The van der Waals surface area contributed by atoms with E-state index in [0.29, 0.717) is 24.0 Å². The number of nitrogens with zero attached hydrogens (tertiary/aromatic N) is 1. The molecule has 0 unspecified atom stereocenters. The highest BCUT2D eigenvalue weighted by molar-refractivity contribution is 5.96. The molecule has 2 aromatic rings. The Bertz CT molecular complexity index is 862. The number of unbranched alkanes of at least 4 members (excludes halogenated alkanes) is 3. The van der Waals surface area contributed by atoms with Gasteiger partial charge < -0.3 is 4.74 Å². The first-order valence-electron chi connectivity index (χ1n) is 9.75. The van der Waals surface area contributed by atoms with Gasteiger partial charge in [-0.3, -0.25) is 14.2 Å². The van der Waals surface area contributed by atoms with Crippen molar-refractivity contribution >= 4 is 5.78 Å². The summed E-state index contributed by atoms with van der Waals surface area (Å²) in [5, 5.41) is 0. The van der Waals surface area contributed by atoms with Gasteiger partial charge in [-0.25, -0.2) is 0 Å². The highest BCUT2D eigenvalue weighted by Crippen LogP contribution is 2.17. The molecule has 4 nitrogen and oxygen atoms in total. The molecular weight excluding hydrogens is 350 g/mol. The van der Waals surface area contributed by atoms with Crippen LogP contribution >= 0.6 is 0 Å². The lowest BCUT2D eigenvalue weighted by Crippen LogP contribution is -2.23. The number of carbonyl (C=O) groups is 1. The van der Waals surface area contributed by atoms with Gasteiger partial charge in [-0.1, -0.05) is 12.2 Å². The number of Topliss-reactive ketones (excluding diaryl/α,β-unsaturated/α-hetero) is 1. The molecule has 0 amide bonds. The summed E-state index contributed by atoms with van der Waals surface area (Å²) in [6.07, 6.45) is 10.8. The van der Waals surface area contributed by atoms with Crippen molar-refractivity contribution in [1.29, 1.82) is 0 Å². The van der Waals surface area contributed by atoms with Crippen LogP contribution in [0.4, 0.5) is 0 Å². The topological polar surface area (TPSA) is 48.3 Å². The molecule has 148 valence electrons. The lowest BCUT2D eigenvalue weighted by atomic mass is 10.0. The molecule has 28 heavy (non-hydrogen) atoms.